The van der Waals surface area contributed by atoms with E-state index >= 15 is 0 Å². The summed E-state index contributed by atoms with van der Waals surface area (Å²) in [6.07, 6.45) is 0. The van der Waals surface area contributed by atoms with Crippen LogP contribution in [0.15, 0.2) is 29.6 Å². The minimum Gasteiger partial charge on any atom is -0.435 e. The summed E-state index contributed by atoms with van der Waals surface area (Å²) in [5, 5.41) is 16.5. The highest BCUT2D eigenvalue weighted by Crippen LogP contribution is 2.24. The third kappa shape index (κ3) is 4.67. The van der Waals surface area contributed by atoms with Crippen LogP contribution >= 0.6 is 22.7 Å². The molecule has 0 fully saturated rings. The third-order valence-corrected chi connectivity index (χ3v) is 4.33. The van der Waals surface area contributed by atoms with Crippen LogP contribution in [0.25, 0.3) is 0 Å². The highest BCUT2D eigenvalue weighted by atomic mass is 32.1. The van der Waals surface area contributed by atoms with Crippen molar-refractivity contribution < 1.29 is 18.3 Å². The van der Waals surface area contributed by atoms with E-state index in [1.54, 1.807) is 24.4 Å². The molecule has 0 aliphatic carbocycles. The van der Waals surface area contributed by atoms with E-state index in [1.165, 1.54) is 34.8 Å². The summed E-state index contributed by atoms with van der Waals surface area (Å²) in [6, 6.07) is 5.97. The summed E-state index contributed by atoms with van der Waals surface area (Å²) >= 11 is 2.50. The minimum absolute atomic E-state index is 0.0621. The number of thiazole rings is 1. The molecule has 0 bridgehead atoms. The first-order valence-corrected chi connectivity index (χ1v) is 8.58. The van der Waals surface area contributed by atoms with E-state index in [0.717, 1.165) is 5.01 Å². The number of carbonyl (C=O) groups is 1. The molecule has 11 heteroatoms. The van der Waals surface area contributed by atoms with Gasteiger partial charge in [-0.1, -0.05) is 11.3 Å². The summed E-state index contributed by atoms with van der Waals surface area (Å²) in [5.41, 5.74) is 0.862. The predicted molar refractivity (Wildman–Crippen MR) is 91.1 cm³/mol. The fraction of sp³-hybridized carbons (Fsp3) is 0.143. The molecular formula is C14H11F2N5O2S2. The Kier molecular flexibility index (Phi) is 5.14. The molecule has 0 aliphatic rings. The number of hydrogen-bond acceptors (Lipinski definition) is 8. The van der Waals surface area contributed by atoms with E-state index < -0.39 is 6.61 Å². The molecule has 2 heterocycles. The lowest BCUT2D eigenvalue weighted by atomic mass is 10.3. The maximum Gasteiger partial charge on any atom is 0.387 e. The van der Waals surface area contributed by atoms with Crippen LogP contribution in [0.4, 0.5) is 24.7 Å². The van der Waals surface area contributed by atoms with Gasteiger partial charge in [0.25, 0.3) is 5.91 Å². The molecule has 1 aromatic carbocycles. The number of anilines is 3. The first kappa shape index (κ1) is 17.2. The number of rotatable bonds is 6. The van der Waals surface area contributed by atoms with Gasteiger partial charge in [0.15, 0.2) is 5.13 Å². The molecule has 2 aromatic heterocycles. The number of halogens is 2. The zero-order chi connectivity index (χ0) is 17.8. The second-order valence-corrected chi connectivity index (χ2v) is 6.69. The van der Waals surface area contributed by atoms with Crippen molar-refractivity contribution >= 4 is 44.5 Å². The number of nitrogens with one attached hydrogen (secondary N) is 2. The third-order valence-electron chi connectivity index (χ3n) is 2.81. The molecule has 2 N–H and O–H groups in total. The van der Waals surface area contributed by atoms with Crippen LogP contribution in [0.5, 0.6) is 5.75 Å². The number of alkyl halides is 2. The molecule has 0 atom stereocenters. The zero-order valence-corrected chi connectivity index (χ0v) is 14.3. The Morgan fingerprint density at radius 3 is 2.60 bits per heavy atom. The lowest BCUT2D eigenvalue weighted by Gasteiger charge is -2.06. The Bertz CT molecular complexity index is 866. The zero-order valence-electron chi connectivity index (χ0n) is 12.7. The summed E-state index contributed by atoms with van der Waals surface area (Å²) in [7, 11) is 0. The van der Waals surface area contributed by atoms with Crippen LogP contribution in [0, 0.1) is 6.92 Å². The van der Waals surface area contributed by atoms with Crippen molar-refractivity contribution in [3.8, 4) is 5.75 Å². The van der Waals surface area contributed by atoms with Gasteiger partial charge in [0.2, 0.25) is 5.13 Å². The Hall–Kier alpha value is -2.66. The molecule has 7 nitrogen and oxygen atoms in total. The number of amides is 1. The first-order valence-electron chi connectivity index (χ1n) is 6.88. The van der Waals surface area contributed by atoms with Crippen molar-refractivity contribution in [2.45, 2.75) is 13.5 Å². The fourth-order valence-corrected chi connectivity index (χ4v) is 3.08. The van der Waals surface area contributed by atoms with Crippen molar-refractivity contribution in [2.75, 3.05) is 10.6 Å². The van der Waals surface area contributed by atoms with E-state index in [0.29, 0.717) is 16.0 Å². The van der Waals surface area contributed by atoms with Crippen LogP contribution in [-0.2, 0) is 0 Å². The van der Waals surface area contributed by atoms with Gasteiger partial charge in [-0.25, -0.2) is 4.98 Å². The largest absolute Gasteiger partial charge is 0.435 e. The van der Waals surface area contributed by atoms with Crippen LogP contribution < -0.4 is 15.4 Å². The van der Waals surface area contributed by atoms with E-state index in [4.69, 9.17) is 0 Å². The van der Waals surface area contributed by atoms with Gasteiger partial charge in [0.1, 0.15) is 16.5 Å². The molecule has 0 saturated heterocycles. The van der Waals surface area contributed by atoms with Gasteiger partial charge in [-0.3, -0.25) is 10.1 Å². The quantitative estimate of drug-likeness (QED) is 0.671. The maximum absolute atomic E-state index is 12.1. The topological polar surface area (TPSA) is 89.0 Å². The SMILES string of the molecule is Cc1nnc(NC(=O)c2csc(Nc3ccc(OC(F)F)cc3)n2)s1. The van der Waals surface area contributed by atoms with Crippen LogP contribution in [-0.4, -0.2) is 27.7 Å². The molecule has 25 heavy (non-hydrogen) atoms. The number of ether oxygens (including phenoxy) is 1. The number of benzene rings is 1. The molecule has 1 amide bonds. The minimum atomic E-state index is -2.87. The average Bonchev–Trinajstić information content (AvgIpc) is 3.18. The van der Waals surface area contributed by atoms with Gasteiger partial charge >= 0.3 is 6.61 Å². The Labute approximate surface area is 148 Å². The predicted octanol–water partition coefficient (Wildman–Crippen LogP) is 3.90. The summed E-state index contributed by atoms with van der Waals surface area (Å²) < 4.78 is 28.5. The standard InChI is InChI=1S/C14H11F2N5O2S2/c1-7-20-21-14(25-7)19-11(22)10-6-24-13(18-10)17-8-2-4-9(5-3-8)23-12(15)16/h2-6,12H,1H3,(H,17,18)(H,19,21,22). The molecule has 0 unspecified atom stereocenters. The highest BCUT2D eigenvalue weighted by Gasteiger charge is 2.13. The maximum atomic E-state index is 12.1. The van der Waals surface area contributed by atoms with Gasteiger partial charge in [-0.15, -0.1) is 21.5 Å². The molecule has 130 valence electrons. The van der Waals surface area contributed by atoms with E-state index in [9.17, 15) is 13.6 Å². The molecule has 0 spiro atoms. The molecular weight excluding hydrogens is 372 g/mol. The second-order valence-electron chi connectivity index (χ2n) is 4.65. The first-order chi connectivity index (χ1) is 12.0. The average molecular weight is 383 g/mol. The Balaban J connectivity index is 1.62. The summed E-state index contributed by atoms with van der Waals surface area (Å²) in [5.74, 6) is -0.326. The van der Waals surface area contributed by atoms with Gasteiger partial charge in [-0.05, 0) is 31.2 Å². The van der Waals surface area contributed by atoms with Crippen LogP contribution in [0.2, 0.25) is 0 Å². The summed E-state index contributed by atoms with van der Waals surface area (Å²) in [6.45, 7) is -1.08. The van der Waals surface area contributed by atoms with Crippen molar-refractivity contribution in [1.29, 1.82) is 0 Å². The monoisotopic (exact) mass is 383 g/mol. The smallest absolute Gasteiger partial charge is 0.387 e. The molecule has 3 aromatic rings. The number of aromatic nitrogens is 3. The Morgan fingerprint density at radius 1 is 1.20 bits per heavy atom. The fourth-order valence-electron chi connectivity index (χ4n) is 1.79. The molecule has 3 rings (SSSR count). The number of hydrogen-bond donors (Lipinski definition) is 2. The molecule has 0 saturated carbocycles. The van der Waals surface area contributed by atoms with Crippen molar-refractivity contribution in [2.24, 2.45) is 0 Å². The van der Waals surface area contributed by atoms with E-state index in [-0.39, 0.29) is 17.4 Å². The highest BCUT2D eigenvalue weighted by molar-refractivity contribution is 7.15. The number of nitrogens with zero attached hydrogens (tertiary/aromatic N) is 3. The Morgan fingerprint density at radius 2 is 1.96 bits per heavy atom. The van der Waals surface area contributed by atoms with E-state index in [1.807, 2.05) is 0 Å². The molecule has 0 aliphatic heterocycles. The van der Waals surface area contributed by atoms with Gasteiger partial charge in [0.05, 0.1) is 0 Å². The normalized spacial score (nSPS) is 10.7. The molecule has 0 radical (unpaired) electrons. The lowest BCUT2D eigenvalue weighted by molar-refractivity contribution is -0.0498. The van der Waals surface area contributed by atoms with Crippen molar-refractivity contribution in [1.82, 2.24) is 15.2 Å². The van der Waals surface area contributed by atoms with Crippen LogP contribution in [0.3, 0.4) is 0 Å². The van der Waals surface area contributed by atoms with Crippen molar-refractivity contribution in [3.63, 3.8) is 0 Å². The second kappa shape index (κ2) is 7.49. The van der Waals surface area contributed by atoms with Gasteiger partial charge < -0.3 is 10.1 Å². The number of aryl methyl sites for hydroxylation is 1. The summed E-state index contributed by atoms with van der Waals surface area (Å²) in [4.78, 5) is 16.3. The van der Waals surface area contributed by atoms with Crippen molar-refractivity contribution in [3.05, 3.63) is 40.3 Å². The van der Waals surface area contributed by atoms with Gasteiger partial charge in [-0.2, -0.15) is 8.78 Å². The van der Waals surface area contributed by atoms with E-state index in [2.05, 4.69) is 30.6 Å². The van der Waals surface area contributed by atoms with Gasteiger partial charge in [0, 0.05) is 11.1 Å². The van der Waals surface area contributed by atoms with Crippen LogP contribution in [0.1, 0.15) is 15.5 Å². The number of carbonyl (C=O) groups excluding carboxylic acids is 1. The lowest BCUT2D eigenvalue weighted by Crippen LogP contribution is -2.12.